The lowest BCUT2D eigenvalue weighted by Crippen LogP contribution is -2.48. The number of hydrogen-bond acceptors (Lipinski definition) is 7. The predicted octanol–water partition coefficient (Wildman–Crippen LogP) is 1.64. The van der Waals surface area contributed by atoms with Gasteiger partial charge in [0.25, 0.3) is 0 Å². The van der Waals surface area contributed by atoms with Crippen LogP contribution in [0.1, 0.15) is 30.7 Å². The monoisotopic (exact) mass is 388 g/mol. The Morgan fingerprint density at radius 3 is 2.96 bits per heavy atom. The van der Waals surface area contributed by atoms with Gasteiger partial charge in [-0.1, -0.05) is 6.07 Å². The van der Waals surface area contributed by atoms with Crippen LogP contribution in [0.25, 0.3) is 0 Å². The zero-order valence-corrected chi connectivity index (χ0v) is 16.1. The summed E-state index contributed by atoms with van der Waals surface area (Å²) in [6.07, 6.45) is 1.33. The third-order valence-electron chi connectivity index (χ3n) is 4.77. The van der Waals surface area contributed by atoms with E-state index in [1.165, 1.54) is 15.6 Å². The van der Waals surface area contributed by atoms with E-state index in [-0.39, 0.29) is 31.1 Å². The third kappa shape index (κ3) is 3.75. The summed E-state index contributed by atoms with van der Waals surface area (Å²) in [5.41, 5.74) is 0. The Morgan fingerprint density at radius 1 is 1.48 bits per heavy atom. The van der Waals surface area contributed by atoms with Crippen molar-refractivity contribution < 1.29 is 22.8 Å². The average Bonchev–Trinajstić information content (AvgIpc) is 3.24. The molecule has 7 nitrogen and oxygen atoms in total. The van der Waals surface area contributed by atoms with Gasteiger partial charge in [-0.15, -0.1) is 11.3 Å². The van der Waals surface area contributed by atoms with E-state index in [4.69, 9.17) is 9.57 Å². The highest BCUT2D eigenvalue weighted by Gasteiger charge is 2.47. The van der Waals surface area contributed by atoms with E-state index < -0.39 is 15.3 Å². The van der Waals surface area contributed by atoms with Crippen molar-refractivity contribution in [2.24, 2.45) is 5.92 Å². The summed E-state index contributed by atoms with van der Waals surface area (Å²) in [6.45, 7) is 2.83. The number of carbonyl (C=O) groups excluding carboxylic acids is 1. The maximum absolute atomic E-state index is 13.2. The maximum atomic E-state index is 13.2. The van der Waals surface area contributed by atoms with Crippen molar-refractivity contribution in [3.8, 4) is 0 Å². The fraction of sp³-hybridized carbons (Fsp3) is 0.688. The molecule has 3 rings (SSSR count). The number of sulfonamides is 1. The van der Waals surface area contributed by atoms with Crippen LogP contribution in [0.15, 0.2) is 17.5 Å². The molecule has 0 aromatic carbocycles. The van der Waals surface area contributed by atoms with Gasteiger partial charge in [-0.25, -0.2) is 12.7 Å². The fourth-order valence-corrected chi connectivity index (χ4v) is 6.53. The lowest BCUT2D eigenvalue weighted by Gasteiger charge is -2.33. The summed E-state index contributed by atoms with van der Waals surface area (Å²) in [7, 11) is -1.82. The molecular weight excluding hydrogens is 364 g/mol. The number of hydrogen-bond donors (Lipinski definition) is 0. The first-order valence-corrected chi connectivity index (χ1v) is 10.9. The summed E-state index contributed by atoms with van der Waals surface area (Å²) in [6, 6.07) is 3.52. The van der Waals surface area contributed by atoms with E-state index in [1.807, 2.05) is 17.5 Å². The Labute approximate surface area is 152 Å². The first-order valence-electron chi connectivity index (χ1n) is 8.50. The van der Waals surface area contributed by atoms with Gasteiger partial charge >= 0.3 is 5.97 Å². The minimum absolute atomic E-state index is 0.127. The van der Waals surface area contributed by atoms with Crippen LogP contribution in [0.3, 0.4) is 0 Å². The molecular formula is C16H24N2O5S2. The summed E-state index contributed by atoms with van der Waals surface area (Å²) < 4.78 is 33.0. The Morgan fingerprint density at radius 2 is 2.28 bits per heavy atom. The predicted molar refractivity (Wildman–Crippen MR) is 94.4 cm³/mol. The first kappa shape index (κ1) is 18.8. The molecule has 0 aliphatic carbocycles. The van der Waals surface area contributed by atoms with E-state index in [1.54, 1.807) is 19.0 Å². The molecule has 0 spiro atoms. The molecule has 9 heteroatoms. The molecule has 2 saturated heterocycles. The number of piperidine rings is 1. The maximum Gasteiger partial charge on any atom is 0.310 e. The molecule has 25 heavy (non-hydrogen) atoms. The number of esters is 1. The Hall–Kier alpha value is -1.00. The van der Waals surface area contributed by atoms with Gasteiger partial charge in [0.2, 0.25) is 10.0 Å². The molecule has 0 saturated carbocycles. The summed E-state index contributed by atoms with van der Waals surface area (Å²) in [5, 5.41) is 2.89. The standard InChI is InChI=1S/C16H24N2O5S2/c1-3-22-16(19)12-6-4-8-18(10-12)25(20,21)14-11-23-17(2)15(14)13-7-5-9-24-13/h5,7,9,12,14-15H,3-4,6,8,10-11H2,1-2H3. The molecule has 3 atom stereocenters. The molecule has 1 aromatic heterocycles. The molecule has 2 aliphatic heterocycles. The third-order valence-corrected chi connectivity index (χ3v) is 7.92. The van der Waals surface area contributed by atoms with Crippen LogP contribution < -0.4 is 0 Å². The van der Waals surface area contributed by atoms with Crippen molar-refractivity contribution >= 4 is 27.3 Å². The van der Waals surface area contributed by atoms with E-state index in [2.05, 4.69) is 0 Å². The fourth-order valence-electron chi connectivity index (χ4n) is 3.48. The van der Waals surface area contributed by atoms with Gasteiger partial charge in [0.05, 0.1) is 25.2 Å². The molecule has 2 fully saturated rings. The molecule has 2 aliphatic rings. The van der Waals surface area contributed by atoms with Crippen LogP contribution in [-0.4, -0.2) is 62.4 Å². The lowest BCUT2D eigenvalue weighted by atomic mass is 10.0. The number of nitrogens with zero attached hydrogens (tertiary/aromatic N) is 2. The topological polar surface area (TPSA) is 76.1 Å². The molecule has 3 heterocycles. The molecule has 0 bridgehead atoms. The van der Waals surface area contributed by atoms with Crippen molar-refractivity contribution in [2.75, 3.05) is 33.4 Å². The number of rotatable bonds is 5. The highest BCUT2D eigenvalue weighted by Crippen LogP contribution is 2.37. The van der Waals surface area contributed by atoms with Gasteiger partial charge in [0.1, 0.15) is 5.25 Å². The number of hydroxylamine groups is 2. The zero-order valence-electron chi connectivity index (χ0n) is 14.5. The Bertz CT molecular complexity index is 691. The number of carbonyl (C=O) groups is 1. The van der Waals surface area contributed by atoms with E-state index in [0.29, 0.717) is 26.0 Å². The van der Waals surface area contributed by atoms with E-state index in [0.717, 1.165) is 4.88 Å². The number of thiophene rings is 1. The minimum atomic E-state index is -3.59. The Balaban J connectivity index is 1.79. The summed E-state index contributed by atoms with van der Waals surface area (Å²) in [4.78, 5) is 18.5. The van der Waals surface area contributed by atoms with Gasteiger partial charge in [-0.3, -0.25) is 9.63 Å². The highest BCUT2D eigenvalue weighted by molar-refractivity contribution is 7.89. The normalized spacial score (nSPS) is 29.0. The molecule has 1 aromatic rings. The van der Waals surface area contributed by atoms with Gasteiger partial charge in [0.15, 0.2) is 0 Å². The van der Waals surface area contributed by atoms with Crippen molar-refractivity contribution in [1.29, 1.82) is 0 Å². The number of ether oxygens (including phenoxy) is 1. The van der Waals surface area contributed by atoms with Crippen molar-refractivity contribution in [3.05, 3.63) is 22.4 Å². The van der Waals surface area contributed by atoms with Crippen LogP contribution >= 0.6 is 11.3 Å². The average molecular weight is 389 g/mol. The van der Waals surface area contributed by atoms with Crippen LogP contribution in [0, 0.1) is 5.92 Å². The second-order valence-electron chi connectivity index (χ2n) is 6.33. The smallest absolute Gasteiger partial charge is 0.310 e. The van der Waals surface area contributed by atoms with Crippen LogP contribution in [0.5, 0.6) is 0 Å². The molecule has 0 radical (unpaired) electrons. The largest absolute Gasteiger partial charge is 0.466 e. The zero-order chi connectivity index (χ0) is 18.0. The lowest BCUT2D eigenvalue weighted by molar-refractivity contribution is -0.149. The quantitative estimate of drug-likeness (QED) is 0.714. The molecule has 0 amide bonds. The van der Waals surface area contributed by atoms with Gasteiger partial charge in [0, 0.05) is 25.0 Å². The Kier molecular flexibility index (Phi) is 5.79. The van der Waals surface area contributed by atoms with Crippen molar-refractivity contribution in [3.63, 3.8) is 0 Å². The second kappa shape index (κ2) is 7.71. The highest BCUT2D eigenvalue weighted by atomic mass is 32.2. The summed E-state index contributed by atoms with van der Waals surface area (Å²) >= 11 is 1.52. The van der Waals surface area contributed by atoms with Crippen molar-refractivity contribution in [2.45, 2.75) is 31.1 Å². The van der Waals surface area contributed by atoms with Gasteiger partial charge in [-0.2, -0.15) is 5.06 Å². The van der Waals surface area contributed by atoms with Gasteiger partial charge in [-0.05, 0) is 31.2 Å². The first-order chi connectivity index (χ1) is 11.9. The van der Waals surface area contributed by atoms with Crippen LogP contribution in [0.4, 0.5) is 0 Å². The van der Waals surface area contributed by atoms with Gasteiger partial charge < -0.3 is 4.74 Å². The second-order valence-corrected chi connectivity index (χ2v) is 9.47. The van der Waals surface area contributed by atoms with Crippen molar-refractivity contribution in [1.82, 2.24) is 9.37 Å². The van der Waals surface area contributed by atoms with Crippen LogP contribution in [-0.2, 0) is 24.4 Å². The minimum Gasteiger partial charge on any atom is -0.466 e. The SMILES string of the molecule is CCOC(=O)C1CCCN(S(=O)(=O)C2CON(C)C2c2cccs2)C1. The molecule has 140 valence electrons. The van der Waals surface area contributed by atoms with Crippen LogP contribution in [0.2, 0.25) is 0 Å². The van der Waals surface area contributed by atoms with E-state index >= 15 is 0 Å². The van der Waals surface area contributed by atoms with E-state index in [9.17, 15) is 13.2 Å². The molecule has 3 unspecified atom stereocenters. The summed E-state index contributed by atoms with van der Waals surface area (Å²) in [5.74, 6) is -0.694. The molecule has 0 N–H and O–H groups in total.